The molecule has 0 spiro atoms. The van der Waals surface area contributed by atoms with Crippen LogP contribution in [0.3, 0.4) is 0 Å². The molecular formula is C15H14ClN3O2. The zero-order chi connectivity index (χ0) is 15.0. The van der Waals surface area contributed by atoms with Crippen LogP contribution in [0, 0.1) is 6.92 Å². The van der Waals surface area contributed by atoms with E-state index in [9.17, 15) is 4.79 Å². The Kier molecular flexibility index (Phi) is 3.35. The molecule has 0 saturated heterocycles. The molecule has 0 unspecified atom stereocenters. The summed E-state index contributed by atoms with van der Waals surface area (Å²) in [6, 6.07) is 9.06. The summed E-state index contributed by atoms with van der Waals surface area (Å²) in [6.45, 7) is 1.95. The van der Waals surface area contributed by atoms with Gasteiger partial charge in [-0.3, -0.25) is 4.79 Å². The van der Waals surface area contributed by atoms with Crippen molar-refractivity contribution in [1.29, 1.82) is 0 Å². The second kappa shape index (κ2) is 5.18. The highest BCUT2D eigenvalue weighted by atomic mass is 35.5. The minimum absolute atomic E-state index is 0.00281. The molecule has 4 N–H and O–H groups in total. The maximum absolute atomic E-state index is 11.4. The third kappa shape index (κ3) is 2.60. The molecule has 3 rings (SSSR count). The molecule has 1 aliphatic heterocycles. The molecule has 0 aliphatic carbocycles. The molecule has 0 saturated carbocycles. The topological polar surface area (TPSA) is 76.4 Å². The lowest BCUT2D eigenvalue weighted by Crippen LogP contribution is -2.25. The van der Waals surface area contributed by atoms with Crippen molar-refractivity contribution >= 4 is 40.3 Å². The van der Waals surface area contributed by atoms with Crippen molar-refractivity contribution < 1.29 is 9.53 Å². The van der Waals surface area contributed by atoms with Crippen LogP contribution in [0.15, 0.2) is 30.3 Å². The molecule has 6 heteroatoms. The quantitative estimate of drug-likeness (QED) is 0.744. The number of amides is 1. The van der Waals surface area contributed by atoms with Gasteiger partial charge in [0, 0.05) is 6.07 Å². The smallest absolute Gasteiger partial charge is 0.262 e. The van der Waals surface area contributed by atoms with Crippen LogP contribution in [-0.2, 0) is 4.79 Å². The molecule has 0 fully saturated rings. The van der Waals surface area contributed by atoms with E-state index < -0.39 is 0 Å². The molecule has 0 bridgehead atoms. The number of hydrogen-bond donors (Lipinski definition) is 3. The van der Waals surface area contributed by atoms with Gasteiger partial charge in [0.05, 0.1) is 27.8 Å². The number of aryl methyl sites for hydroxylation is 1. The second-order valence-corrected chi connectivity index (χ2v) is 5.24. The third-order valence-electron chi connectivity index (χ3n) is 3.27. The predicted octanol–water partition coefficient (Wildman–Crippen LogP) is 3.31. The fraction of sp³-hybridized carbons (Fsp3) is 0.133. The number of halogens is 1. The van der Waals surface area contributed by atoms with E-state index in [2.05, 4.69) is 10.6 Å². The average Bonchev–Trinajstić information content (AvgIpc) is 2.44. The molecular weight excluding hydrogens is 290 g/mol. The van der Waals surface area contributed by atoms with Crippen molar-refractivity contribution in [3.63, 3.8) is 0 Å². The van der Waals surface area contributed by atoms with Gasteiger partial charge < -0.3 is 21.1 Å². The number of benzene rings is 2. The molecule has 21 heavy (non-hydrogen) atoms. The third-order valence-corrected chi connectivity index (χ3v) is 3.58. The van der Waals surface area contributed by atoms with Gasteiger partial charge in [-0.1, -0.05) is 23.7 Å². The lowest BCUT2D eigenvalue weighted by atomic mass is 10.1. The fourth-order valence-electron chi connectivity index (χ4n) is 2.18. The molecule has 0 atom stereocenters. The standard InChI is InChI=1S/C15H14ClN3O2/c1-8-3-2-4-9(16)15(8)19-11-6-12-13(5-10(11)17)21-7-14(20)18-12/h2-6,19H,7,17H2,1H3,(H,18,20). The van der Waals surface area contributed by atoms with Gasteiger partial charge in [0.25, 0.3) is 5.91 Å². The summed E-state index contributed by atoms with van der Waals surface area (Å²) in [4.78, 5) is 11.4. The van der Waals surface area contributed by atoms with Crippen molar-refractivity contribution in [2.75, 3.05) is 23.0 Å². The molecule has 108 valence electrons. The summed E-state index contributed by atoms with van der Waals surface area (Å²) in [7, 11) is 0. The van der Waals surface area contributed by atoms with E-state index in [1.807, 2.05) is 19.1 Å². The summed E-state index contributed by atoms with van der Waals surface area (Å²) in [5.74, 6) is 0.376. The number of ether oxygens (including phenoxy) is 1. The first-order valence-electron chi connectivity index (χ1n) is 6.43. The maximum atomic E-state index is 11.4. The van der Waals surface area contributed by atoms with E-state index in [1.165, 1.54) is 0 Å². The first-order chi connectivity index (χ1) is 10.0. The highest BCUT2D eigenvalue weighted by Crippen LogP contribution is 2.38. The Balaban J connectivity index is 1.99. The van der Waals surface area contributed by atoms with E-state index in [1.54, 1.807) is 18.2 Å². The van der Waals surface area contributed by atoms with Crippen LogP contribution in [0.2, 0.25) is 5.02 Å². The molecule has 2 aromatic rings. The van der Waals surface area contributed by atoms with Crippen LogP contribution >= 0.6 is 11.6 Å². The Labute approximate surface area is 127 Å². The number of nitrogens with two attached hydrogens (primary N) is 1. The molecule has 1 amide bonds. The number of carbonyl (C=O) groups is 1. The molecule has 2 aromatic carbocycles. The van der Waals surface area contributed by atoms with Crippen molar-refractivity contribution in [2.24, 2.45) is 0 Å². The zero-order valence-corrected chi connectivity index (χ0v) is 12.1. The van der Waals surface area contributed by atoms with Gasteiger partial charge in [-0.15, -0.1) is 0 Å². The van der Waals surface area contributed by atoms with Crippen LogP contribution < -0.4 is 21.1 Å². The van der Waals surface area contributed by atoms with E-state index in [0.717, 1.165) is 11.3 Å². The first kappa shape index (κ1) is 13.6. The number of anilines is 4. The van der Waals surface area contributed by atoms with E-state index >= 15 is 0 Å². The van der Waals surface area contributed by atoms with Crippen molar-refractivity contribution in [1.82, 2.24) is 0 Å². The van der Waals surface area contributed by atoms with Crippen LogP contribution in [0.4, 0.5) is 22.7 Å². The number of para-hydroxylation sites is 1. The minimum atomic E-state index is -0.188. The van der Waals surface area contributed by atoms with Gasteiger partial charge in [0.2, 0.25) is 0 Å². The van der Waals surface area contributed by atoms with Gasteiger partial charge in [-0.2, -0.15) is 0 Å². The fourth-order valence-corrected chi connectivity index (χ4v) is 2.44. The second-order valence-electron chi connectivity index (χ2n) is 4.83. The van der Waals surface area contributed by atoms with E-state index in [0.29, 0.717) is 27.8 Å². The number of carbonyl (C=O) groups excluding carboxylic acids is 1. The lowest BCUT2D eigenvalue weighted by molar-refractivity contribution is -0.118. The predicted molar refractivity (Wildman–Crippen MR) is 84.5 cm³/mol. The lowest BCUT2D eigenvalue weighted by Gasteiger charge is -2.21. The number of rotatable bonds is 2. The maximum Gasteiger partial charge on any atom is 0.262 e. The number of hydrogen-bond acceptors (Lipinski definition) is 4. The molecule has 5 nitrogen and oxygen atoms in total. The number of nitrogen functional groups attached to an aromatic ring is 1. The zero-order valence-electron chi connectivity index (χ0n) is 11.4. The monoisotopic (exact) mass is 303 g/mol. The highest BCUT2D eigenvalue weighted by Gasteiger charge is 2.18. The van der Waals surface area contributed by atoms with Crippen LogP contribution in [0.5, 0.6) is 5.75 Å². The van der Waals surface area contributed by atoms with Gasteiger partial charge in [0.1, 0.15) is 5.75 Å². The van der Waals surface area contributed by atoms with Crippen molar-refractivity contribution in [3.8, 4) is 5.75 Å². The Morgan fingerprint density at radius 3 is 2.95 bits per heavy atom. The summed E-state index contributed by atoms with van der Waals surface area (Å²) >= 11 is 6.20. The Hall–Kier alpha value is -2.40. The van der Waals surface area contributed by atoms with Gasteiger partial charge in [0.15, 0.2) is 6.61 Å². The number of fused-ring (bicyclic) bond motifs is 1. The normalized spacial score (nSPS) is 13.1. The molecule has 1 aliphatic rings. The van der Waals surface area contributed by atoms with Crippen LogP contribution in [0.25, 0.3) is 0 Å². The van der Waals surface area contributed by atoms with Gasteiger partial charge in [-0.25, -0.2) is 0 Å². The van der Waals surface area contributed by atoms with E-state index in [4.69, 9.17) is 22.1 Å². The Bertz CT molecular complexity index is 711. The van der Waals surface area contributed by atoms with Crippen LogP contribution in [-0.4, -0.2) is 12.5 Å². The average molecular weight is 304 g/mol. The Morgan fingerprint density at radius 2 is 2.19 bits per heavy atom. The first-order valence-corrected chi connectivity index (χ1v) is 6.80. The minimum Gasteiger partial charge on any atom is -0.482 e. The molecule has 1 heterocycles. The summed E-state index contributed by atoms with van der Waals surface area (Å²) in [6.07, 6.45) is 0. The molecule has 0 radical (unpaired) electrons. The number of nitrogens with one attached hydrogen (secondary N) is 2. The largest absolute Gasteiger partial charge is 0.482 e. The Morgan fingerprint density at radius 1 is 1.38 bits per heavy atom. The molecule has 0 aromatic heterocycles. The van der Waals surface area contributed by atoms with Crippen molar-refractivity contribution in [3.05, 3.63) is 40.9 Å². The summed E-state index contributed by atoms with van der Waals surface area (Å²) in [5, 5.41) is 6.56. The summed E-state index contributed by atoms with van der Waals surface area (Å²) < 4.78 is 5.32. The van der Waals surface area contributed by atoms with E-state index in [-0.39, 0.29) is 12.5 Å². The highest BCUT2D eigenvalue weighted by molar-refractivity contribution is 6.33. The van der Waals surface area contributed by atoms with Crippen molar-refractivity contribution in [2.45, 2.75) is 6.92 Å². The SMILES string of the molecule is Cc1cccc(Cl)c1Nc1cc2c(cc1N)OCC(=O)N2. The van der Waals surface area contributed by atoms with Gasteiger partial charge in [-0.05, 0) is 24.6 Å². The van der Waals surface area contributed by atoms with Gasteiger partial charge >= 0.3 is 0 Å². The summed E-state index contributed by atoms with van der Waals surface area (Å²) in [5.41, 5.74) is 9.59. The van der Waals surface area contributed by atoms with Crippen LogP contribution in [0.1, 0.15) is 5.56 Å².